The number of furan rings is 1. The van der Waals surface area contributed by atoms with Gasteiger partial charge in [0.25, 0.3) is 0 Å². The van der Waals surface area contributed by atoms with Crippen molar-refractivity contribution in [2.75, 3.05) is 13.2 Å². The van der Waals surface area contributed by atoms with Crippen molar-refractivity contribution in [3.63, 3.8) is 0 Å². The Kier molecular flexibility index (Phi) is 3.97. The third-order valence-corrected chi connectivity index (χ3v) is 9.48. The van der Waals surface area contributed by atoms with Crippen molar-refractivity contribution in [1.29, 1.82) is 0 Å². The normalized spacial score (nSPS) is 18.4. The van der Waals surface area contributed by atoms with Gasteiger partial charge >= 0.3 is 0 Å². The lowest BCUT2D eigenvalue weighted by Gasteiger charge is -2.38. The molecule has 0 aliphatic carbocycles. The summed E-state index contributed by atoms with van der Waals surface area (Å²) in [5, 5.41) is 1.17. The highest BCUT2D eigenvalue weighted by Crippen LogP contribution is 2.42. The second-order valence-electron chi connectivity index (χ2n) is 7.81. The summed E-state index contributed by atoms with van der Waals surface area (Å²) < 4.78 is 23.9. The van der Waals surface area contributed by atoms with Crippen LogP contribution in [-0.4, -0.2) is 27.6 Å². The van der Waals surface area contributed by atoms with Gasteiger partial charge in [-0.1, -0.05) is 20.8 Å². The average molecular weight is 334 g/mol. The van der Waals surface area contributed by atoms with E-state index in [9.17, 15) is 0 Å². The maximum Gasteiger partial charge on any atom is 0.192 e. The maximum absolute atomic E-state index is 6.27. The summed E-state index contributed by atoms with van der Waals surface area (Å²) in [4.78, 5) is 0. The van der Waals surface area contributed by atoms with Crippen molar-refractivity contribution < 1.29 is 18.3 Å². The fourth-order valence-electron chi connectivity index (χ4n) is 2.48. The van der Waals surface area contributed by atoms with Crippen LogP contribution in [0.1, 0.15) is 26.3 Å². The molecule has 1 aliphatic rings. The van der Waals surface area contributed by atoms with Crippen LogP contribution in [0.25, 0.3) is 11.0 Å². The minimum atomic E-state index is -1.77. The third-order valence-electron chi connectivity index (χ3n) is 4.98. The predicted molar refractivity (Wildman–Crippen MR) is 94.0 cm³/mol. The summed E-state index contributed by atoms with van der Waals surface area (Å²) in [7, 11) is -1.77. The molecule has 0 saturated heterocycles. The molecule has 23 heavy (non-hydrogen) atoms. The van der Waals surface area contributed by atoms with Crippen LogP contribution >= 0.6 is 0 Å². The summed E-state index contributed by atoms with van der Waals surface area (Å²) >= 11 is 0. The first-order chi connectivity index (χ1) is 10.7. The average Bonchev–Trinajstić information content (AvgIpc) is 2.94. The van der Waals surface area contributed by atoms with Crippen molar-refractivity contribution in [3.05, 3.63) is 24.0 Å². The van der Waals surface area contributed by atoms with Gasteiger partial charge in [-0.2, -0.15) is 0 Å². The van der Waals surface area contributed by atoms with Gasteiger partial charge in [-0.25, -0.2) is 0 Å². The second-order valence-corrected chi connectivity index (χ2v) is 12.6. The summed E-state index contributed by atoms with van der Waals surface area (Å²) in [6, 6.07) is 3.91. The lowest BCUT2D eigenvalue weighted by atomic mass is 10.1. The van der Waals surface area contributed by atoms with Gasteiger partial charge in [-0.3, -0.25) is 0 Å². The minimum Gasteiger partial charge on any atom is -0.485 e. The zero-order chi connectivity index (χ0) is 16.8. The maximum atomic E-state index is 6.27. The van der Waals surface area contributed by atoms with Gasteiger partial charge in [0.15, 0.2) is 25.9 Å². The van der Waals surface area contributed by atoms with E-state index in [2.05, 4.69) is 33.9 Å². The van der Waals surface area contributed by atoms with Gasteiger partial charge < -0.3 is 18.3 Å². The van der Waals surface area contributed by atoms with Gasteiger partial charge in [-0.15, -0.1) is 0 Å². The van der Waals surface area contributed by atoms with E-state index in [1.54, 1.807) is 6.26 Å². The molecule has 126 valence electrons. The molecule has 0 spiro atoms. The molecule has 2 heterocycles. The lowest BCUT2D eigenvalue weighted by Crippen LogP contribution is -2.45. The van der Waals surface area contributed by atoms with Crippen LogP contribution in [0.4, 0.5) is 0 Å². The smallest absolute Gasteiger partial charge is 0.192 e. The van der Waals surface area contributed by atoms with Crippen molar-refractivity contribution in [2.45, 2.75) is 51.9 Å². The van der Waals surface area contributed by atoms with Crippen LogP contribution in [0.5, 0.6) is 11.5 Å². The molecule has 1 aromatic heterocycles. The number of fused-ring (bicyclic) bond motifs is 3. The molecule has 5 heteroatoms. The quantitative estimate of drug-likeness (QED) is 0.748. The monoisotopic (exact) mass is 334 g/mol. The molecule has 1 atom stereocenters. The molecule has 4 nitrogen and oxygen atoms in total. The van der Waals surface area contributed by atoms with Crippen LogP contribution in [0, 0.1) is 6.92 Å². The van der Waals surface area contributed by atoms with Gasteiger partial charge in [0, 0.05) is 0 Å². The lowest BCUT2D eigenvalue weighted by molar-refractivity contribution is 0.0503. The number of rotatable bonds is 3. The largest absolute Gasteiger partial charge is 0.485 e. The Bertz CT molecular complexity index is 712. The summed E-state index contributed by atoms with van der Waals surface area (Å²) in [6.07, 6.45) is 1.62. The van der Waals surface area contributed by atoms with Crippen LogP contribution in [0.3, 0.4) is 0 Å². The molecule has 0 bridgehead atoms. The van der Waals surface area contributed by atoms with E-state index in [0.717, 1.165) is 28.0 Å². The van der Waals surface area contributed by atoms with Gasteiger partial charge in [0.05, 0.1) is 18.3 Å². The van der Waals surface area contributed by atoms with E-state index in [0.29, 0.717) is 13.2 Å². The van der Waals surface area contributed by atoms with Crippen LogP contribution in [0.2, 0.25) is 18.1 Å². The molecule has 0 fully saturated rings. The highest BCUT2D eigenvalue weighted by molar-refractivity contribution is 6.74. The predicted octanol–water partition coefficient (Wildman–Crippen LogP) is 4.90. The van der Waals surface area contributed by atoms with E-state index < -0.39 is 8.32 Å². The van der Waals surface area contributed by atoms with E-state index in [1.807, 2.05) is 19.1 Å². The van der Waals surface area contributed by atoms with Crippen LogP contribution in [-0.2, 0) is 4.43 Å². The van der Waals surface area contributed by atoms with Gasteiger partial charge in [-0.05, 0) is 42.8 Å². The highest BCUT2D eigenvalue weighted by atomic mass is 28.4. The third kappa shape index (κ3) is 3.00. The number of aryl methyl sites for hydroxylation is 1. The molecule has 0 saturated carbocycles. The van der Waals surface area contributed by atoms with Crippen molar-refractivity contribution >= 4 is 19.3 Å². The Hall–Kier alpha value is -1.46. The van der Waals surface area contributed by atoms with E-state index in [1.165, 1.54) is 0 Å². The summed E-state index contributed by atoms with van der Waals surface area (Å²) in [6.45, 7) is 14.3. The number of ether oxygens (including phenoxy) is 2. The topological polar surface area (TPSA) is 40.8 Å². The molecule has 1 unspecified atom stereocenters. The second kappa shape index (κ2) is 5.56. The SMILES string of the molecule is Cc1cc2c(c3ccoc13)OCC(CO[Si](C)(C)C(C)(C)C)O2. The molecular formula is C18H26O4Si. The van der Waals surface area contributed by atoms with Crippen molar-refractivity contribution in [3.8, 4) is 11.5 Å². The fraction of sp³-hybridized carbons (Fsp3) is 0.556. The molecule has 1 aromatic carbocycles. The first kappa shape index (κ1) is 16.4. The Morgan fingerprint density at radius 2 is 2.04 bits per heavy atom. The Balaban J connectivity index is 1.75. The van der Waals surface area contributed by atoms with E-state index in [4.69, 9.17) is 18.3 Å². The van der Waals surface area contributed by atoms with Crippen molar-refractivity contribution in [2.24, 2.45) is 0 Å². The van der Waals surface area contributed by atoms with Gasteiger partial charge in [0.2, 0.25) is 0 Å². The molecule has 3 rings (SSSR count). The van der Waals surface area contributed by atoms with E-state index >= 15 is 0 Å². The summed E-state index contributed by atoms with van der Waals surface area (Å²) in [5.74, 6) is 1.56. The molecule has 1 aliphatic heterocycles. The van der Waals surface area contributed by atoms with Gasteiger partial charge in [0.1, 0.15) is 12.2 Å². The molecule has 0 N–H and O–H groups in total. The first-order valence-electron chi connectivity index (χ1n) is 8.13. The Morgan fingerprint density at radius 1 is 1.30 bits per heavy atom. The highest BCUT2D eigenvalue weighted by Gasteiger charge is 2.38. The first-order valence-corrected chi connectivity index (χ1v) is 11.0. The standard InChI is InChI=1S/C18H26O4Si/c1-12-9-15-17(14-7-8-19-16(12)14)20-10-13(22-15)11-21-23(5,6)18(2,3)4/h7-9,13H,10-11H2,1-6H3. The molecule has 0 amide bonds. The molecule has 2 aromatic rings. The zero-order valence-corrected chi connectivity index (χ0v) is 15.9. The van der Waals surface area contributed by atoms with E-state index in [-0.39, 0.29) is 11.1 Å². The van der Waals surface area contributed by atoms with Crippen molar-refractivity contribution in [1.82, 2.24) is 0 Å². The molecule has 0 radical (unpaired) electrons. The number of hydrogen-bond acceptors (Lipinski definition) is 4. The molecular weight excluding hydrogens is 308 g/mol. The zero-order valence-electron chi connectivity index (χ0n) is 14.9. The summed E-state index contributed by atoms with van der Waals surface area (Å²) in [5.41, 5.74) is 1.92. The number of hydrogen-bond donors (Lipinski definition) is 0. The van der Waals surface area contributed by atoms with Crippen LogP contribution < -0.4 is 9.47 Å². The number of benzene rings is 1. The Morgan fingerprint density at radius 3 is 2.74 bits per heavy atom. The van der Waals surface area contributed by atoms with Crippen LogP contribution in [0.15, 0.2) is 22.8 Å². The fourth-order valence-corrected chi connectivity index (χ4v) is 3.52. The minimum absolute atomic E-state index is 0.0691. The Labute approximate surface area is 138 Å².